The van der Waals surface area contributed by atoms with Gasteiger partial charge in [0.2, 0.25) is 21.8 Å². The van der Waals surface area contributed by atoms with Crippen LogP contribution in [-0.2, 0) is 31.9 Å². The summed E-state index contributed by atoms with van der Waals surface area (Å²) in [6.45, 7) is 0.993. The molecule has 0 unspecified atom stereocenters. The number of benzene rings is 1. The van der Waals surface area contributed by atoms with Gasteiger partial charge in [-0.3, -0.25) is 14.3 Å². The largest absolute Gasteiger partial charge is 0.478 e. The van der Waals surface area contributed by atoms with Crippen molar-refractivity contribution in [3.05, 3.63) is 57.5 Å². The zero-order chi connectivity index (χ0) is 28.3. The first kappa shape index (κ1) is 28.3. The van der Waals surface area contributed by atoms with Crippen molar-refractivity contribution < 1.29 is 32.3 Å². The topological polar surface area (TPSA) is 161 Å². The summed E-state index contributed by atoms with van der Waals surface area (Å²) in [4.78, 5) is 44.4. The van der Waals surface area contributed by atoms with Crippen LogP contribution < -0.4 is 9.62 Å². The molecule has 2 fully saturated rings. The van der Waals surface area contributed by atoms with Gasteiger partial charge in [0.15, 0.2) is 0 Å². The third kappa shape index (κ3) is 6.63. The lowest BCUT2D eigenvalue weighted by atomic mass is 9.96. The molecule has 2 saturated heterocycles. The van der Waals surface area contributed by atoms with Gasteiger partial charge >= 0.3 is 5.97 Å². The van der Waals surface area contributed by atoms with Crippen LogP contribution in [0.5, 0.6) is 0 Å². The van der Waals surface area contributed by atoms with Crippen molar-refractivity contribution in [3.8, 4) is 6.07 Å². The van der Waals surface area contributed by atoms with E-state index in [1.54, 1.807) is 4.90 Å². The predicted molar refractivity (Wildman–Crippen MR) is 138 cm³/mol. The van der Waals surface area contributed by atoms with Gasteiger partial charge in [0.1, 0.15) is 17.7 Å². The third-order valence-corrected chi connectivity index (χ3v) is 8.16. The summed E-state index contributed by atoms with van der Waals surface area (Å²) in [6.07, 6.45) is 1.53. The summed E-state index contributed by atoms with van der Waals surface area (Å²) < 4.78 is 41.0. The van der Waals surface area contributed by atoms with Crippen LogP contribution in [0.1, 0.15) is 52.9 Å². The first-order valence-electron chi connectivity index (χ1n) is 12.2. The van der Waals surface area contributed by atoms with E-state index in [1.807, 2.05) is 10.8 Å². The van der Waals surface area contributed by atoms with E-state index in [4.69, 9.17) is 11.6 Å². The minimum atomic E-state index is -4.17. The third-order valence-electron chi connectivity index (χ3n) is 6.73. The van der Waals surface area contributed by atoms with Crippen LogP contribution in [0.15, 0.2) is 24.3 Å². The number of pyridine rings is 1. The van der Waals surface area contributed by atoms with E-state index in [-0.39, 0.29) is 71.6 Å². The van der Waals surface area contributed by atoms with Crippen molar-refractivity contribution >= 4 is 45.2 Å². The monoisotopic (exact) mass is 577 g/mol. The molecular formula is C25H25ClFN5O6S. The molecule has 0 aliphatic carbocycles. The number of nitrogens with zero attached hydrogens (tertiary/aromatic N) is 4. The summed E-state index contributed by atoms with van der Waals surface area (Å²) in [5.74, 6) is -4.01. The number of hydrogen-bond acceptors (Lipinski definition) is 8. The van der Waals surface area contributed by atoms with Gasteiger partial charge in [0, 0.05) is 42.6 Å². The maximum absolute atomic E-state index is 14.0. The van der Waals surface area contributed by atoms with Crippen molar-refractivity contribution in [2.24, 2.45) is 5.92 Å². The Morgan fingerprint density at radius 2 is 1.95 bits per heavy atom. The SMILES string of the molecule is N#Cc1cc(C(=O)O)c(CN2CCCC2=O)nc1N1CCC(C(=O)NS(=O)(=O)Cc2ccc(Cl)cc2F)CC1. The maximum Gasteiger partial charge on any atom is 0.337 e. The summed E-state index contributed by atoms with van der Waals surface area (Å²) in [5, 5.41) is 19.4. The molecular weight excluding hydrogens is 553 g/mol. The Hall–Kier alpha value is -3.76. The number of aromatic nitrogens is 1. The Morgan fingerprint density at radius 3 is 2.54 bits per heavy atom. The Morgan fingerprint density at radius 1 is 1.23 bits per heavy atom. The van der Waals surface area contributed by atoms with Gasteiger partial charge in [-0.05, 0) is 37.5 Å². The highest BCUT2D eigenvalue weighted by Gasteiger charge is 2.31. The first-order chi connectivity index (χ1) is 18.5. The minimum Gasteiger partial charge on any atom is -0.478 e. The fourth-order valence-electron chi connectivity index (χ4n) is 4.69. The molecule has 2 aliphatic rings. The summed E-state index contributed by atoms with van der Waals surface area (Å²) in [5.41, 5.74) is -0.0843. The van der Waals surface area contributed by atoms with E-state index in [1.165, 1.54) is 23.1 Å². The number of aromatic carboxylic acids is 1. The van der Waals surface area contributed by atoms with E-state index < -0.39 is 39.4 Å². The van der Waals surface area contributed by atoms with Crippen LogP contribution >= 0.6 is 11.6 Å². The molecule has 39 heavy (non-hydrogen) atoms. The highest BCUT2D eigenvalue weighted by atomic mass is 35.5. The molecule has 11 nitrogen and oxygen atoms in total. The van der Waals surface area contributed by atoms with E-state index in [0.29, 0.717) is 19.4 Å². The molecule has 1 aromatic carbocycles. The van der Waals surface area contributed by atoms with Gasteiger partial charge in [-0.2, -0.15) is 5.26 Å². The number of nitriles is 1. The second-order valence-electron chi connectivity index (χ2n) is 9.41. The molecule has 0 spiro atoms. The van der Waals surface area contributed by atoms with E-state index in [9.17, 15) is 37.6 Å². The average Bonchev–Trinajstić information content (AvgIpc) is 3.29. The van der Waals surface area contributed by atoms with E-state index in [2.05, 4.69) is 4.98 Å². The van der Waals surface area contributed by atoms with Gasteiger partial charge in [-0.25, -0.2) is 22.6 Å². The number of carboxylic acids is 1. The Labute approximate surface area is 229 Å². The molecule has 206 valence electrons. The molecule has 3 heterocycles. The average molecular weight is 578 g/mol. The van der Waals surface area contributed by atoms with Crippen LogP contribution in [0.3, 0.4) is 0 Å². The van der Waals surface area contributed by atoms with Gasteiger partial charge in [0.25, 0.3) is 0 Å². The van der Waals surface area contributed by atoms with Crippen molar-refractivity contribution in [3.63, 3.8) is 0 Å². The highest BCUT2D eigenvalue weighted by Crippen LogP contribution is 2.28. The summed E-state index contributed by atoms with van der Waals surface area (Å²) in [7, 11) is -4.17. The number of rotatable bonds is 8. The number of halogens is 2. The van der Waals surface area contributed by atoms with Gasteiger partial charge in [0.05, 0.1) is 29.1 Å². The second-order valence-corrected chi connectivity index (χ2v) is 11.6. The second kappa shape index (κ2) is 11.5. The zero-order valence-electron chi connectivity index (χ0n) is 20.7. The quantitative estimate of drug-likeness (QED) is 0.480. The molecule has 0 radical (unpaired) electrons. The van der Waals surface area contributed by atoms with Crippen molar-refractivity contribution in [2.75, 3.05) is 24.5 Å². The molecule has 4 rings (SSSR count). The predicted octanol–water partition coefficient (Wildman–Crippen LogP) is 2.43. The Bertz CT molecular complexity index is 1470. The van der Waals surface area contributed by atoms with Crippen LogP contribution in [0.25, 0.3) is 0 Å². The molecule has 0 saturated carbocycles. The number of likely N-dealkylation sites (tertiary alicyclic amines) is 1. The van der Waals surface area contributed by atoms with Gasteiger partial charge in [-0.15, -0.1) is 0 Å². The Balaban J connectivity index is 1.45. The van der Waals surface area contributed by atoms with Crippen molar-refractivity contribution in [2.45, 2.75) is 38.0 Å². The normalized spacial score (nSPS) is 16.3. The molecule has 2 N–H and O–H groups in total. The number of anilines is 1. The number of nitrogens with one attached hydrogen (secondary N) is 1. The van der Waals surface area contributed by atoms with Gasteiger partial charge < -0.3 is 14.9 Å². The molecule has 0 bridgehead atoms. The molecule has 14 heteroatoms. The fourth-order valence-corrected chi connectivity index (χ4v) is 6.04. The Kier molecular flexibility index (Phi) is 8.36. The van der Waals surface area contributed by atoms with Crippen molar-refractivity contribution in [1.82, 2.24) is 14.6 Å². The van der Waals surface area contributed by atoms with E-state index in [0.717, 1.165) is 6.07 Å². The smallest absolute Gasteiger partial charge is 0.337 e. The van der Waals surface area contributed by atoms with Crippen LogP contribution in [0.4, 0.5) is 10.2 Å². The number of piperidine rings is 1. The van der Waals surface area contributed by atoms with Crippen molar-refractivity contribution in [1.29, 1.82) is 5.26 Å². The number of carbonyl (C=O) groups excluding carboxylic acids is 2. The number of carboxylic acid groups (broad SMARTS) is 1. The lowest BCUT2D eigenvalue weighted by Crippen LogP contribution is -2.43. The lowest BCUT2D eigenvalue weighted by Gasteiger charge is -2.33. The summed E-state index contributed by atoms with van der Waals surface area (Å²) >= 11 is 5.70. The van der Waals surface area contributed by atoms with Crippen LogP contribution in [0, 0.1) is 23.1 Å². The number of hydrogen-bond donors (Lipinski definition) is 2. The fraction of sp³-hybridized carbons (Fsp3) is 0.400. The van der Waals surface area contributed by atoms with E-state index >= 15 is 0 Å². The molecule has 0 atom stereocenters. The van der Waals surface area contributed by atoms with Crippen LogP contribution in [0.2, 0.25) is 5.02 Å². The van der Waals surface area contributed by atoms with Gasteiger partial charge in [-0.1, -0.05) is 17.7 Å². The number of amides is 2. The maximum atomic E-state index is 14.0. The number of carbonyl (C=O) groups is 3. The standard InChI is InChI=1S/C25H25ClFN5O6S/c26-18-4-3-16(20(27)11-18)14-39(37,38)30-24(34)15-5-8-31(9-6-15)23-17(12-28)10-19(25(35)36)21(29-23)13-32-7-1-2-22(32)33/h3-4,10-11,15H,1-2,5-9,13-14H2,(H,30,34)(H,35,36). The number of sulfonamides is 1. The first-order valence-corrected chi connectivity index (χ1v) is 14.2. The summed E-state index contributed by atoms with van der Waals surface area (Å²) in [6, 6.07) is 6.79. The lowest BCUT2D eigenvalue weighted by molar-refractivity contribution is -0.128. The molecule has 2 aromatic rings. The molecule has 1 aromatic heterocycles. The minimum absolute atomic E-state index is 0.00409. The van der Waals surface area contributed by atoms with Crippen LogP contribution in [-0.4, -0.2) is 60.8 Å². The molecule has 2 amide bonds. The highest BCUT2D eigenvalue weighted by molar-refractivity contribution is 7.89. The zero-order valence-corrected chi connectivity index (χ0v) is 22.3. The molecule has 2 aliphatic heterocycles.